The van der Waals surface area contributed by atoms with Crippen LogP contribution in [0, 0.1) is 0 Å². The number of aliphatic hydroxyl groups is 5. The second-order valence-corrected chi connectivity index (χ2v) is 13.4. The van der Waals surface area contributed by atoms with Crippen LogP contribution in [-0.4, -0.2) is 87.5 Å². The van der Waals surface area contributed by atoms with Gasteiger partial charge in [0.15, 0.2) is 6.29 Å². The van der Waals surface area contributed by atoms with Gasteiger partial charge < -0.3 is 40.3 Å². The lowest BCUT2D eigenvalue weighted by molar-refractivity contribution is -0.302. The minimum absolute atomic E-state index is 0.207. The molecule has 9 nitrogen and oxygen atoms in total. The van der Waals surface area contributed by atoms with E-state index in [1.807, 2.05) is 6.08 Å². The molecule has 0 bridgehead atoms. The van der Waals surface area contributed by atoms with E-state index >= 15 is 0 Å². The summed E-state index contributed by atoms with van der Waals surface area (Å²) >= 11 is 0. The number of allylic oxidation sites excluding steroid dienone is 5. The van der Waals surface area contributed by atoms with Crippen molar-refractivity contribution in [2.45, 2.75) is 192 Å². The van der Waals surface area contributed by atoms with Gasteiger partial charge >= 0.3 is 0 Å². The topological polar surface area (TPSA) is 149 Å². The van der Waals surface area contributed by atoms with Crippen molar-refractivity contribution in [3.05, 3.63) is 36.5 Å². The number of rotatable bonds is 30. The van der Waals surface area contributed by atoms with Gasteiger partial charge in [0.1, 0.15) is 24.4 Å². The monoisotopic (exact) mass is 682 g/mol. The molecule has 0 aromatic carbocycles. The molecule has 0 radical (unpaired) electrons. The lowest BCUT2D eigenvalue weighted by Crippen LogP contribution is -2.60. The zero-order chi connectivity index (χ0) is 35.2. The van der Waals surface area contributed by atoms with Crippen LogP contribution in [0.5, 0.6) is 0 Å². The van der Waals surface area contributed by atoms with Crippen molar-refractivity contribution in [2.24, 2.45) is 0 Å². The third kappa shape index (κ3) is 21.5. The highest BCUT2D eigenvalue weighted by atomic mass is 16.7. The molecule has 1 aliphatic heterocycles. The van der Waals surface area contributed by atoms with E-state index in [2.05, 4.69) is 37.4 Å². The summed E-state index contributed by atoms with van der Waals surface area (Å²) in [7, 11) is 0. The number of amides is 1. The summed E-state index contributed by atoms with van der Waals surface area (Å²) in [6, 6.07) is -0.837. The number of carbonyl (C=O) groups is 1. The Morgan fingerprint density at radius 2 is 1.23 bits per heavy atom. The summed E-state index contributed by atoms with van der Waals surface area (Å²) < 4.78 is 11.1. The molecule has 7 atom stereocenters. The van der Waals surface area contributed by atoms with Gasteiger partial charge in [-0.3, -0.25) is 4.79 Å². The largest absolute Gasteiger partial charge is 0.394 e. The minimum Gasteiger partial charge on any atom is -0.394 e. The van der Waals surface area contributed by atoms with Gasteiger partial charge in [0.05, 0.1) is 25.4 Å². The zero-order valence-electron chi connectivity index (χ0n) is 30.2. The van der Waals surface area contributed by atoms with Gasteiger partial charge in [-0.05, 0) is 44.9 Å². The fourth-order valence-electron chi connectivity index (χ4n) is 5.79. The molecule has 9 heteroatoms. The van der Waals surface area contributed by atoms with Crippen LogP contribution in [0.15, 0.2) is 36.5 Å². The third-order valence-corrected chi connectivity index (χ3v) is 8.99. The van der Waals surface area contributed by atoms with Crippen molar-refractivity contribution < 1.29 is 39.8 Å². The van der Waals surface area contributed by atoms with Gasteiger partial charge in [0.25, 0.3) is 0 Å². The number of hydrogen-bond donors (Lipinski definition) is 6. The molecule has 280 valence electrons. The molecular weight excluding hydrogens is 610 g/mol. The molecule has 1 rings (SSSR count). The van der Waals surface area contributed by atoms with Crippen molar-refractivity contribution in [1.82, 2.24) is 5.32 Å². The zero-order valence-corrected chi connectivity index (χ0v) is 30.2. The molecule has 1 heterocycles. The van der Waals surface area contributed by atoms with Crippen molar-refractivity contribution in [1.29, 1.82) is 0 Å². The van der Waals surface area contributed by atoms with Crippen LogP contribution in [0.4, 0.5) is 0 Å². The van der Waals surface area contributed by atoms with Crippen LogP contribution >= 0.6 is 0 Å². The molecular formula is C39H71NO8. The minimum atomic E-state index is -1.57. The third-order valence-electron chi connectivity index (χ3n) is 8.99. The quantitative estimate of drug-likeness (QED) is 0.0284. The Bertz CT molecular complexity index is 848. The molecule has 0 aliphatic carbocycles. The van der Waals surface area contributed by atoms with E-state index in [-0.39, 0.29) is 12.5 Å². The van der Waals surface area contributed by atoms with E-state index in [0.717, 1.165) is 51.4 Å². The van der Waals surface area contributed by atoms with Gasteiger partial charge in [0, 0.05) is 6.42 Å². The number of ether oxygens (including phenoxy) is 2. The maximum absolute atomic E-state index is 12.8. The molecule has 0 aromatic rings. The van der Waals surface area contributed by atoms with Crippen molar-refractivity contribution >= 4 is 5.91 Å². The molecule has 2 unspecified atom stereocenters. The molecule has 0 saturated carbocycles. The summed E-state index contributed by atoms with van der Waals surface area (Å²) in [4.78, 5) is 12.8. The lowest BCUT2D eigenvalue weighted by atomic mass is 9.99. The smallest absolute Gasteiger partial charge is 0.220 e. The van der Waals surface area contributed by atoms with E-state index in [4.69, 9.17) is 9.47 Å². The number of nitrogens with one attached hydrogen (secondary N) is 1. The molecule has 48 heavy (non-hydrogen) atoms. The van der Waals surface area contributed by atoms with Gasteiger partial charge in [-0.1, -0.05) is 134 Å². The van der Waals surface area contributed by atoms with Crippen molar-refractivity contribution in [2.75, 3.05) is 13.2 Å². The summed E-state index contributed by atoms with van der Waals surface area (Å²) in [5.74, 6) is -0.207. The number of hydrogen-bond acceptors (Lipinski definition) is 8. The Labute approximate surface area is 291 Å². The summed E-state index contributed by atoms with van der Waals surface area (Å²) in [5, 5.41) is 53.7. The van der Waals surface area contributed by atoms with Gasteiger partial charge in [-0.25, -0.2) is 0 Å². The summed E-state index contributed by atoms with van der Waals surface area (Å²) in [6.45, 7) is 3.67. The first kappa shape index (κ1) is 44.4. The SMILES string of the molecule is CCCCCCCC/C=C/C=C/[C@@H](O)[C@H](CO[C@H]1O[C@@H](CO)[C@H](O)C(O)C1O)NC(=O)CCCCCCC/C=C/CCCCCCCC. The maximum Gasteiger partial charge on any atom is 0.220 e. The lowest BCUT2D eigenvalue weighted by Gasteiger charge is -2.40. The predicted octanol–water partition coefficient (Wildman–Crippen LogP) is 6.55. The van der Waals surface area contributed by atoms with Crippen LogP contribution in [0.2, 0.25) is 0 Å². The first-order valence-electron chi connectivity index (χ1n) is 19.2. The van der Waals surface area contributed by atoms with E-state index < -0.39 is 49.5 Å². The molecule has 1 fully saturated rings. The van der Waals surface area contributed by atoms with E-state index in [9.17, 15) is 30.3 Å². The van der Waals surface area contributed by atoms with Crippen LogP contribution in [0.3, 0.4) is 0 Å². The molecule has 0 spiro atoms. The second-order valence-electron chi connectivity index (χ2n) is 13.4. The highest BCUT2D eigenvalue weighted by Crippen LogP contribution is 2.22. The Balaban J connectivity index is 2.47. The fraction of sp³-hybridized carbons (Fsp3) is 0.821. The van der Waals surface area contributed by atoms with Crippen LogP contribution in [0.25, 0.3) is 0 Å². The van der Waals surface area contributed by atoms with Crippen molar-refractivity contribution in [3.8, 4) is 0 Å². The van der Waals surface area contributed by atoms with E-state index in [1.165, 1.54) is 77.0 Å². The average molecular weight is 682 g/mol. The number of carbonyl (C=O) groups excluding carboxylic acids is 1. The van der Waals surface area contributed by atoms with Crippen molar-refractivity contribution in [3.63, 3.8) is 0 Å². The van der Waals surface area contributed by atoms with Crippen LogP contribution < -0.4 is 5.32 Å². The first-order chi connectivity index (χ1) is 23.3. The molecule has 0 aromatic heterocycles. The van der Waals surface area contributed by atoms with E-state index in [0.29, 0.717) is 6.42 Å². The molecule has 1 aliphatic rings. The molecule has 1 amide bonds. The number of unbranched alkanes of at least 4 members (excludes halogenated alkanes) is 17. The van der Waals surface area contributed by atoms with Gasteiger partial charge in [0.2, 0.25) is 5.91 Å². The normalized spacial score (nSPS) is 23.0. The van der Waals surface area contributed by atoms with Crippen LogP contribution in [-0.2, 0) is 14.3 Å². The van der Waals surface area contributed by atoms with Gasteiger partial charge in [-0.15, -0.1) is 0 Å². The number of aliphatic hydroxyl groups excluding tert-OH is 5. The molecule has 1 saturated heterocycles. The fourth-order valence-corrected chi connectivity index (χ4v) is 5.79. The molecule has 6 N–H and O–H groups in total. The second kappa shape index (κ2) is 30.3. The maximum atomic E-state index is 12.8. The van der Waals surface area contributed by atoms with Gasteiger partial charge in [-0.2, -0.15) is 0 Å². The standard InChI is InChI=1S/C39H71NO8/c1-3-5-7-9-11-13-15-16-17-18-19-21-23-25-27-29-35(43)40-32(31-47-39-38(46)37(45)36(44)34(30-41)48-39)33(42)28-26-24-22-20-14-12-10-8-6-4-2/h16-17,22,24,26,28,32-34,36-39,41-42,44-46H,3-15,18-21,23,25,27,29-31H2,1-2H3,(H,40,43)/b17-16+,24-22+,28-26+/t32-,33+,34-,36-,37?,38?,39-/m0/s1. The summed E-state index contributed by atoms with van der Waals surface area (Å²) in [6.07, 6.45) is 27.7. The Morgan fingerprint density at radius 1 is 0.708 bits per heavy atom. The average Bonchev–Trinajstić information content (AvgIpc) is 3.08. The Kier molecular flexibility index (Phi) is 28.0. The Hall–Kier alpha value is -1.59. The summed E-state index contributed by atoms with van der Waals surface area (Å²) in [5.41, 5.74) is 0. The van der Waals surface area contributed by atoms with E-state index in [1.54, 1.807) is 12.2 Å². The Morgan fingerprint density at radius 3 is 1.79 bits per heavy atom. The highest BCUT2D eigenvalue weighted by Gasteiger charge is 2.44. The first-order valence-corrected chi connectivity index (χ1v) is 19.2. The van der Waals surface area contributed by atoms with Crippen LogP contribution in [0.1, 0.15) is 149 Å². The predicted molar refractivity (Wildman–Crippen MR) is 193 cm³/mol. The highest BCUT2D eigenvalue weighted by molar-refractivity contribution is 5.76.